The molecule has 2 amide bonds. The second-order valence-corrected chi connectivity index (χ2v) is 6.84. The van der Waals surface area contributed by atoms with E-state index in [4.69, 9.17) is 0 Å². The van der Waals surface area contributed by atoms with Crippen molar-refractivity contribution in [1.82, 2.24) is 10.2 Å². The van der Waals surface area contributed by atoms with E-state index in [-0.39, 0.29) is 70.8 Å². The van der Waals surface area contributed by atoms with Crippen LogP contribution in [0.5, 0.6) is 34.5 Å². The van der Waals surface area contributed by atoms with Gasteiger partial charge in [-0.2, -0.15) is 0 Å². The summed E-state index contributed by atoms with van der Waals surface area (Å²) in [7, 11) is 0. The standard InChI is InChI=1S/C22H22N2O7/c25-16-4-1-5-17(26)13(16)10-23-22(31)24(11-14-18(27)6-2-7-19(14)28)12-15-20(29)8-3-9-21(15)30/h1-9,25-30H,10-12H2,(H,23,31). The summed E-state index contributed by atoms with van der Waals surface area (Å²) in [5.41, 5.74) is 0.238. The lowest BCUT2D eigenvalue weighted by Gasteiger charge is -2.25. The number of hydrogen-bond donors (Lipinski definition) is 7. The molecular weight excluding hydrogens is 404 g/mol. The van der Waals surface area contributed by atoms with E-state index in [1.807, 2.05) is 0 Å². The molecule has 0 bridgehead atoms. The van der Waals surface area contributed by atoms with Crippen LogP contribution in [-0.4, -0.2) is 41.6 Å². The van der Waals surface area contributed by atoms with E-state index < -0.39 is 6.03 Å². The van der Waals surface area contributed by atoms with Crippen LogP contribution >= 0.6 is 0 Å². The number of benzene rings is 3. The molecule has 0 aromatic heterocycles. The fraction of sp³-hybridized carbons (Fsp3) is 0.136. The Morgan fingerprint density at radius 3 is 1.29 bits per heavy atom. The summed E-state index contributed by atoms with van der Waals surface area (Å²) in [5, 5.41) is 62.7. The van der Waals surface area contributed by atoms with Gasteiger partial charge in [0, 0.05) is 0 Å². The summed E-state index contributed by atoms with van der Waals surface area (Å²) in [6.07, 6.45) is 0. The Morgan fingerprint density at radius 2 is 0.935 bits per heavy atom. The molecule has 0 fully saturated rings. The Bertz CT molecular complexity index is 987. The maximum atomic E-state index is 12.9. The minimum absolute atomic E-state index is 0.0676. The van der Waals surface area contributed by atoms with Gasteiger partial charge in [0.25, 0.3) is 0 Å². The number of rotatable bonds is 6. The minimum atomic E-state index is -0.701. The lowest BCUT2D eigenvalue weighted by molar-refractivity contribution is 0.189. The fourth-order valence-corrected chi connectivity index (χ4v) is 3.05. The number of carbonyl (C=O) groups is 1. The van der Waals surface area contributed by atoms with Gasteiger partial charge in [-0.1, -0.05) is 18.2 Å². The number of amides is 2. The Labute approximate surface area is 177 Å². The van der Waals surface area contributed by atoms with Crippen LogP contribution in [0.25, 0.3) is 0 Å². The number of nitrogens with zero attached hydrogens (tertiary/aromatic N) is 1. The van der Waals surface area contributed by atoms with Crippen LogP contribution in [0, 0.1) is 0 Å². The quantitative estimate of drug-likeness (QED) is 0.320. The van der Waals surface area contributed by atoms with Gasteiger partial charge in [-0.15, -0.1) is 0 Å². The molecular formula is C22H22N2O7. The fourth-order valence-electron chi connectivity index (χ4n) is 3.05. The molecule has 3 aromatic carbocycles. The number of phenolic OH excluding ortho intramolecular Hbond substituents is 6. The van der Waals surface area contributed by atoms with Crippen LogP contribution in [0.1, 0.15) is 16.7 Å². The molecule has 0 aliphatic carbocycles. The van der Waals surface area contributed by atoms with E-state index in [9.17, 15) is 35.4 Å². The van der Waals surface area contributed by atoms with Crippen molar-refractivity contribution < 1.29 is 35.4 Å². The molecule has 0 saturated carbocycles. The van der Waals surface area contributed by atoms with Gasteiger partial charge in [-0.25, -0.2) is 4.79 Å². The van der Waals surface area contributed by atoms with Crippen molar-refractivity contribution in [3.05, 3.63) is 71.3 Å². The van der Waals surface area contributed by atoms with Crippen LogP contribution in [0.3, 0.4) is 0 Å². The molecule has 0 spiro atoms. The van der Waals surface area contributed by atoms with E-state index in [0.29, 0.717) is 0 Å². The maximum Gasteiger partial charge on any atom is 0.318 e. The van der Waals surface area contributed by atoms with Gasteiger partial charge >= 0.3 is 6.03 Å². The number of carbonyl (C=O) groups excluding carboxylic acids is 1. The zero-order valence-electron chi connectivity index (χ0n) is 16.4. The highest BCUT2D eigenvalue weighted by Crippen LogP contribution is 2.32. The number of hydrogen-bond acceptors (Lipinski definition) is 7. The Balaban J connectivity index is 1.88. The Kier molecular flexibility index (Phi) is 6.25. The van der Waals surface area contributed by atoms with Gasteiger partial charge < -0.3 is 40.9 Å². The molecule has 9 heteroatoms. The molecule has 31 heavy (non-hydrogen) atoms. The molecule has 0 heterocycles. The van der Waals surface area contributed by atoms with Gasteiger partial charge in [0.2, 0.25) is 0 Å². The number of urea groups is 1. The van der Waals surface area contributed by atoms with E-state index in [1.165, 1.54) is 54.6 Å². The van der Waals surface area contributed by atoms with Crippen LogP contribution in [-0.2, 0) is 19.6 Å². The highest BCUT2D eigenvalue weighted by atomic mass is 16.3. The van der Waals surface area contributed by atoms with Crippen molar-refractivity contribution in [3.8, 4) is 34.5 Å². The largest absolute Gasteiger partial charge is 0.507 e. The number of aromatic hydroxyl groups is 6. The van der Waals surface area contributed by atoms with Crippen LogP contribution in [0.15, 0.2) is 54.6 Å². The maximum absolute atomic E-state index is 12.9. The normalized spacial score (nSPS) is 10.6. The molecule has 162 valence electrons. The van der Waals surface area contributed by atoms with Gasteiger partial charge in [0.05, 0.1) is 36.3 Å². The van der Waals surface area contributed by atoms with E-state index >= 15 is 0 Å². The van der Waals surface area contributed by atoms with Crippen molar-refractivity contribution in [3.63, 3.8) is 0 Å². The summed E-state index contributed by atoms with van der Waals surface area (Å²) in [4.78, 5) is 14.1. The predicted molar refractivity (Wildman–Crippen MR) is 111 cm³/mol. The molecule has 0 aliphatic rings. The first-order valence-electron chi connectivity index (χ1n) is 9.30. The molecule has 3 rings (SSSR count). The second-order valence-electron chi connectivity index (χ2n) is 6.84. The Morgan fingerprint density at radius 1 is 0.613 bits per heavy atom. The molecule has 0 atom stereocenters. The lowest BCUT2D eigenvalue weighted by atomic mass is 10.1. The van der Waals surface area contributed by atoms with E-state index in [0.717, 1.165) is 4.90 Å². The first-order chi connectivity index (χ1) is 14.8. The van der Waals surface area contributed by atoms with Crippen molar-refractivity contribution in [2.75, 3.05) is 0 Å². The first kappa shape index (κ1) is 21.4. The summed E-state index contributed by atoms with van der Waals surface area (Å²) in [6, 6.07) is 11.7. The Hall–Kier alpha value is -4.27. The minimum Gasteiger partial charge on any atom is -0.507 e. The average Bonchev–Trinajstić information content (AvgIpc) is 2.71. The van der Waals surface area contributed by atoms with Crippen molar-refractivity contribution >= 4 is 6.03 Å². The third-order valence-electron chi connectivity index (χ3n) is 4.78. The van der Waals surface area contributed by atoms with Crippen LogP contribution in [0.2, 0.25) is 0 Å². The molecule has 7 N–H and O–H groups in total. The highest BCUT2D eigenvalue weighted by Gasteiger charge is 2.22. The third kappa shape index (κ3) is 4.84. The van der Waals surface area contributed by atoms with Gasteiger partial charge in [-0.3, -0.25) is 0 Å². The average molecular weight is 426 g/mol. The SMILES string of the molecule is O=C(NCc1c(O)cccc1O)N(Cc1c(O)cccc1O)Cc1c(O)cccc1O. The summed E-state index contributed by atoms with van der Waals surface area (Å²) in [6.45, 7) is -0.733. The number of nitrogens with one attached hydrogen (secondary N) is 1. The smallest absolute Gasteiger partial charge is 0.318 e. The van der Waals surface area contributed by atoms with Gasteiger partial charge in [-0.05, 0) is 36.4 Å². The summed E-state index contributed by atoms with van der Waals surface area (Å²) >= 11 is 0. The van der Waals surface area contributed by atoms with Gasteiger partial charge in [0.15, 0.2) is 0 Å². The molecule has 9 nitrogen and oxygen atoms in total. The van der Waals surface area contributed by atoms with E-state index in [1.54, 1.807) is 0 Å². The monoisotopic (exact) mass is 426 g/mol. The van der Waals surface area contributed by atoms with Crippen LogP contribution < -0.4 is 5.32 Å². The first-order valence-corrected chi connectivity index (χ1v) is 9.30. The molecule has 0 unspecified atom stereocenters. The lowest BCUT2D eigenvalue weighted by Crippen LogP contribution is -2.38. The van der Waals surface area contributed by atoms with Crippen LogP contribution in [0.4, 0.5) is 4.79 Å². The van der Waals surface area contributed by atoms with Crippen molar-refractivity contribution in [1.29, 1.82) is 0 Å². The topological polar surface area (TPSA) is 154 Å². The zero-order valence-corrected chi connectivity index (χ0v) is 16.4. The molecule has 0 aliphatic heterocycles. The molecule has 0 radical (unpaired) electrons. The zero-order chi connectivity index (χ0) is 22.5. The van der Waals surface area contributed by atoms with Gasteiger partial charge in [0.1, 0.15) is 34.5 Å². The predicted octanol–water partition coefficient (Wildman–Crippen LogP) is 2.83. The number of phenols is 6. The molecule has 0 saturated heterocycles. The second kappa shape index (κ2) is 9.04. The third-order valence-corrected chi connectivity index (χ3v) is 4.78. The summed E-state index contributed by atoms with van der Waals surface area (Å²) < 4.78 is 0. The van der Waals surface area contributed by atoms with Crippen molar-refractivity contribution in [2.45, 2.75) is 19.6 Å². The van der Waals surface area contributed by atoms with E-state index in [2.05, 4.69) is 5.32 Å². The summed E-state index contributed by atoms with van der Waals surface area (Å²) in [5.74, 6) is -1.36. The van der Waals surface area contributed by atoms with Crippen molar-refractivity contribution in [2.24, 2.45) is 0 Å². The molecule has 3 aromatic rings. The highest BCUT2D eigenvalue weighted by molar-refractivity contribution is 5.75.